The molecule has 0 bridgehead atoms. The van der Waals surface area contributed by atoms with E-state index in [9.17, 15) is 0 Å². The lowest BCUT2D eigenvalue weighted by molar-refractivity contribution is 0.660. The van der Waals surface area contributed by atoms with Crippen LogP contribution < -0.4 is 4.90 Å². The summed E-state index contributed by atoms with van der Waals surface area (Å²) in [6, 6.07) is 66.4. The van der Waals surface area contributed by atoms with Crippen LogP contribution in [0.1, 0.15) is 25.0 Å². The summed E-state index contributed by atoms with van der Waals surface area (Å²) in [6.07, 6.45) is 0. The minimum Gasteiger partial charge on any atom is -0.454 e. The number of benzene rings is 8. The predicted molar refractivity (Wildman–Crippen MR) is 241 cm³/mol. The monoisotopic (exact) mass is 748 g/mol. The van der Waals surface area contributed by atoms with Crippen LogP contribution in [0.4, 0.5) is 17.1 Å². The second-order valence-corrected chi connectivity index (χ2v) is 16.8. The van der Waals surface area contributed by atoms with Gasteiger partial charge in [0.15, 0.2) is 5.58 Å². The van der Waals surface area contributed by atoms with Crippen molar-refractivity contribution in [1.29, 1.82) is 0 Å². The molecule has 0 spiro atoms. The zero-order valence-corrected chi connectivity index (χ0v) is 32.3. The highest BCUT2D eigenvalue weighted by Crippen LogP contribution is 2.51. The van der Waals surface area contributed by atoms with Gasteiger partial charge in [0.05, 0.1) is 5.52 Å². The average Bonchev–Trinajstić information content (AvgIpc) is 3.98. The smallest absolute Gasteiger partial charge is 0.161 e. The molecule has 3 nitrogen and oxygen atoms in total. The molecule has 0 amide bonds. The van der Waals surface area contributed by atoms with Gasteiger partial charge in [-0.3, -0.25) is 0 Å². The molecule has 0 N–H and O–H groups in total. The van der Waals surface area contributed by atoms with Gasteiger partial charge in [0.1, 0.15) is 11.1 Å². The third-order valence-electron chi connectivity index (χ3n) is 12.2. The van der Waals surface area contributed by atoms with E-state index in [4.69, 9.17) is 4.42 Å². The van der Waals surface area contributed by atoms with Crippen LogP contribution in [0.15, 0.2) is 186 Å². The minimum atomic E-state index is -0.103. The standard InChI is InChI=1S/C53H36N2OS/c1-53(2)45-17-9-6-14-39(45)40-27-25-38(32-46(40)53)54(37-26-29-50-43(31-37)41-15-8-11-19-49(41)57-50)36-23-20-33(21-24-36)34-22-28-47-44(30-34)52-51(42-16-7-10-18-48(42)56-52)55(47)35-12-4-3-5-13-35/h3-32H,1-2H3. The Kier molecular flexibility index (Phi) is 6.85. The summed E-state index contributed by atoms with van der Waals surface area (Å²) in [4.78, 5) is 2.43. The Morgan fingerprint density at radius 1 is 0.491 bits per heavy atom. The molecule has 0 saturated heterocycles. The Morgan fingerprint density at radius 2 is 1.16 bits per heavy atom. The Labute approximate surface area is 334 Å². The van der Waals surface area contributed by atoms with Crippen molar-refractivity contribution >= 4 is 81.5 Å². The highest BCUT2D eigenvalue weighted by atomic mass is 32.1. The summed E-state index contributed by atoms with van der Waals surface area (Å²) >= 11 is 1.86. The molecule has 4 heteroatoms. The first-order valence-electron chi connectivity index (χ1n) is 19.6. The van der Waals surface area contributed by atoms with E-state index < -0.39 is 0 Å². The number of anilines is 3. The number of thiophene rings is 1. The van der Waals surface area contributed by atoms with Crippen LogP contribution in [0.5, 0.6) is 0 Å². The summed E-state index contributed by atoms with van der Waals surface area (Å²) in [5, 5.41) is 4.81. The van der Waals surface area contributed by atoms with Crippen molar-refractivity contribution in [3.05, 3.63) is 193 Å². The fourth-order valence-corrected chi connectivity index (χ4v) is 10.5. The quantitative estimate of drug-likeness (QED) is 0.175. The number of hydrogen-bond acceptors (Lipinski definition) is 3. The molecular formula is C53H36N2OS. The Balaban J connectivity index is 1.01. The molecule has 0 atom stereocenters. The molecule has 8 aromatic carbocycles. The van der Waals surface area contributed by atoms with Crippen molar-refractivity contribution in [3.8, 4) is 27.9 Å². The van der Waals surface area contributed by atoms with Gasteiger partial charge in [-0.05, 0) is 118 Å². The van der Waals surface area contributed by atoms with E-state index in [2.05, 4.69) is 199 Å². The van der Waals surface area contributed by atoms with Crippen molar-refractivity contribution in [2.24, 2.45) is 0 Å². The van der Waals surface area contributed by atoms with Gasteiger partial charge in [0.25, 0.3) is 0 Å². The highest BCUT2D eigenvalue weighted by Gasteiger charge is 2.35. The van der Waals surface area contributed by atoms with E-state index in [1.807, 2.05) is 17.4 Å². The molecule has 11 aromatic rings. The van der Waals surface area contributed by atoms with Crippen LogP contribution in [-0.4, -0.2) is 4.57 Å². The lowest BCUT2D eigenvalue weighted by Crippen LogP contribution is -2.16. The summed E-state index contributed by atoms with van der Waals surface area (Å²) in [5.41, 5.74) is 16.2. The summed E-state index contributed by atoms with van der Waals surface area (Å²) in [6.45, 7) is 4.71. The molecule has 0 unspecified atom stereocenters. The van der Waals surface area contributed by atoms with Crippen LogP contribution in [0.2, 0.25) is 0 Å². The van der Waals surface area contributed by atoms with Crippen molar-refractivity contribution in [1.82, 2.24) is 4.57 Å². The number of hydrogen-bond donors (Lipinski definition) is 0. The number of para-hydroxylation sites is 2. The number of rotatable bonds is 5. The van der Waals surface area contributed by atoms with Crippen LogP contribution in [0.25, 0.3) is 81.1 Å². The summed E-state index contributed by atoms with van der Waals surface area (Å²) in [7, 11) is 0. The molecule has 0 fully saturated rings. The normalized spacial score (nSPS) is 13.2. The lowest BCUT2D eigenvalue weighted by Gasteiger charge is -2.28. The number of nitrogens with zero attached hydrogens (tertiary/aromatic N) is 2. The maximum atomic E-state index is 6.60. The second kappa shape index (κ2) is 12.1. The summed E-state index contributed by atoms with van der Waals surface area (Å²) in [5.74, 6) is 0. The second-order valence-electron chi connectivity index (χ2n) is 15.7. The van der Waals surface area contributed by atoms with Crippen molar-refractivity contribution in [3.63, 3.8) is 0 Å². The topological polar surface area (TPSA) is 21.3 Å². The van der Waals surface area contributed by atoms with Crippen molar-refractivity contribution < 1.29 is 4.42 Å². The van der Waals surface area contributed by atoms with Crippen LogP contribution >= 0.6 is 11.3 Å². The molecule has 3 heterocycles. The zero-order valence-electron chi connectivity index (χ0n) is 31.5. The number of fused-ring (bicyclic) bond motifs is 11. The van der Waals surface area contributed by atoms with Gasteiger partial charge < -0.3 is 13.9 Å². The van der Waals surface area contributed by atoms with Gasteiger partial charge in [-0.25, -0.2) is 0 Å². The molecule has 0 radical (unpaired) electrons. The molecular weight excluding hydrogens is 713 g/mol. The lowest BCUT2D eigenvalue weighted by atomic mass is 9.82. The fourth-order valence-electron chi connectivity index (χ4n) is 9.43. The van der Waals surface area contributed by atoms with Crippen molar-refractivity contribution in [2.75, 3.05) is 4.90 Å². The Morgan fingerprint density at radius 3 is 2.04 bits per heavy atom. The Bertz CT molecular complexity index is 3380. The van der Waals surface area contributed by atoms with E-state index in [-0.39, 0.29) is 5.41 Å². The van der Waals surface area contributed by atoms with Gasteiger partial charge >= 0.3 is 0 Å². The average molecular weight is 749 g/mol. The first kappa shape index (κ1) is 32.4. The molecule has 270 valence electrons. The van der Waals surface area contributed by atoms with E-state index in [1.54, 1.807) is 0 Å². The van der Waals surface area contributed by atoms with Crippen LogP contribution in [0, 0.1) is 0 Å². The van der Waals surface area contributed by atoms with Gasteiger partial charge in [-0.1, -0.05) is 111 Å². The highest BCUT2D eigenvalue weighted by molar-refractivity contribution is 7.25. The van der Waals surface area contributed by atoms with Gasteiger partial charge in [0.2, 0.25) is 0 Å². The molecule has 1 aliphatic rings. The van der Waals surface area contributed by atoms with E-state index in [0.29, 0.717) is 0 Å². The molecule has 12 rings (SSSR count). The van der Waals surface area contributed by atoms with E-state index >= 15 is 0 Å². The maximum absolute atomic E-state index is 6.60. The first-order valence-corrected chi connectivity index (χ1v) is 20.4. The predicted octanol–water partition coefficient (Wildman–Crippen LogP) is 15.3. The maximum Gasteiger partial charge on any atom is 0.161 e. The summed E-state index contributed by atoms with van der Waals surface area (Å²) < 4.78 is 11.6. The number of furan rings is 1. The molecule has 1 aliphatic carbocycles. The largest absolute Gasteiger partial charge is 0.454 e. The minimum absolute atomic E-state index is 0.103. The van der Waals surface area contributed by atoms with E-state index in [1.165, 1.54) is 42.4 Å². The van der Waals surface area contributed by atoms with E-state index in [0.717, 1.165) is 66.8 Å². The fraction of sp³-hybridized carbons (Fsp3) is 0.0566. The molecule has 57 heavy (non-hydrogen) atoms. The van der Waals surface area contributed by atoms with Gasteiger partial charge in [-0.2, -0.15) is 0 Å². The van der Waals surface area contributed by atoms with Crippen LogP contribution in [0.3, 0.4) is 0 Å². The van der Waals surface area contributed by atoms with Crippen molar-refractivity contribution in [2.45, 2.75) is 19.3 Å². The zero-order chi connectivity index (χ0) is 37.8. The molecule has 3 aromatic heterocycles. The van der Waals surface area contributed by atoms with Gasteiger partial charge in [0, 0.05) is 59.1 Å². The SMILES string of the molecule is CC1(C)c2ccccc2-c2ccc(N(c3ccc(-c4ccc5c(c4)c4oc6ccccc6c4n5-c4ccccc4)cc3)c3ccc4sc5ccccc5c4c3)cc21. The third-order valence-corrected chi connectivity index (χ3v) is 13.3. The first-order chi connectivity index (χ1) is 28.0. The molecule has 0 saturated carbocycles. The van der Waals surface area contributed by atoms with Crippen LogP contribution in [-0.2, 0) is 5.41 Å². The van der Waals surface area contributed by atoms with Gasteiger partial charge in [-0.15, -0.1) is 11.3 Å². The Hall–Kier alpha value is -6.88. The number of aromatic nitrogens is 1. The third kappa shape index (κ3) is 4.78. The molecule has 0 aliphatic heterocycles.